The van der Waals surface area contributed by atoms with E-state index in [9.17, 15) is 0 Å². The lowest BCUT2D eigenvalue weighted by molar-refractivity contribution is 0.476. The van der Waals surface area contributed by atoms with E-state index in [0.717, 1.165) is 12.2 Å². The summed E-state index contributed by atoms with van der Waals surface area (Å²) in [6.07, 6.45) is 3.53. The minimum Gasteiger partial charge on any atom is -0.516 e. The van der Waals surface area contributed by atoms with Crippen molar-refractivity contribution in [2.75, 3.05) is 0 Å². The van der Waals surface area contributed by atoms with Crippen molar-refractivity contribution >= 4 is 15.9 Å². The van der Waals surface area contributed by atoms with Gasteiger partial charge in [-0.1, -0.05) is 34.6 Å². The summed E-state index contributed by atoms with van der Waals surface area (Å²) in [5.74, 6) is 0.882. The molecule has 0 radical (unpaired) electrons. The number of hydrogen-bond acceptors (Lipinski definition) is 1. The molecule has 70 valence electrons. The van der Waals surface area contributed by atoms with Crippen LogP contribution in [0.1, 0.15) is 24.3 Å². The van der Waals surface area contributed by atoms with E-state index in [1.807, 2.05) is 0 Å². The van der Waals surface area contributed by atoms with E-state index in [1.165, 1.54) is 22.9 Å². The van der Waals surface area contributed by atoms with Crippen molar-refractivity contribution in [3.63, 3.8) is 0 Å². The molecule has 0 heterocycles. The maximum Gasteiger partial charge on any atom is 0.0719 e. The molecule has 2 rings (SSSR count). The highest BCUT2D eigenvalue weighted by Gasteiger charge is 2.22. The fourth-order valence-electron chi connectivity index (χ4n) is 1.15. The van der Waals surface area contributed by atoms with Gasteiger partial charge in [0.1, 0.15) is 0 Å². The molecule has 0 unspecified atom stereocenters. The van der Waals surface area contributed by atoms with Gasteiger partial charge < -0.3 is 5.11 Å². The second-order valence-corrected chi connectivity index (χ2v) is 3.92. The molecule has 1 nitrogen and oxygen atoms in total. The molecule has 13 heavy (non-hydrogen) atoms. The molecule has 1 aromatic rings. The molecule has 1 aliphatic rings. The number of aliphatic hydroxyl groups is 1. The lowest BCUT2D eigenvalue weighted by Gasteiger charge is -1.95. The number of rotatable bonds is 1. The van der Waals surface area contributed by atoms with Crippen molar-refractivity contribution in [3.8, 4) is 0 Å². The van der Waals surface area contributed by atoms with E-state index in [1.54, 1.807) is 0 Å². The third kappa shape index (κ3) is 3.64. The van der Waals surface area contributed by atoms with Gasteiger partial charge in [0.15, 0.2) is 0 Å². The highest BCUT2D eigenvalue weighted by molar-refractivity contribution is 9.10. The minimum atomic E-state index is 0.750. The van der Waals surface area contributed by atoms with Crippen LogP contribution in [0.5, 0.6) is 0 Å². The van der Waals surface area contributed by atoms with Gasteiger partial charge in [0, 0.05) is 4.47 Å². The Morgan fingerprint density at radius 3 is 2.15 bits per heavy atom. The molecule has 0 amide bonds. The van der Waals surface area contributed by atoms with Crippen molar-refractivity contribution in [2.45, 2.75) is 18.8 Å². The number of aliphatic hydroxyl groups excluding tert-OH is 1. The van der Waals surface area contributed by atoms with Crippen molar-refractivity contribution in [1.82, 2.24) is 0 Å². The first-order chi connectivity index (χ1) is 6.27. The van der Waals surface area contributed by atoms with Crippen LogP contribution >= 0.6 is 15.9 Å². The molecule has 1 N–H and O–H groups in total. The molecule has 1 fully saturated rings. The molecule has 1 aliphatic carbocycles. The molecule has 0 atom stereocenters. The van der Waals surface area contributed by atoms with Crippen LogP contribution in [0.25, 0.3) is 0 Å². The lowest BCUT2D eigenvalue weighted by Crippen LogP contribution is -1.75. The summed E-state index contributed by atoms with van der Waals surface area (Å²) >= 11 is 3.41. The fraction of sp³-hybridized carbons (Fsp3) is 0.273. The second kappa shape index (κ2) is 5.07. The minimum absolute atomic E-state index is 0.750. The summed E-state index contributed by atoms with van der Waals surface area (Å²) in [7, 11) is 0. The van der Waals surface area contributed by atoms with E-state index < -0.39 is 0 Å². The number of hydrogen-bond donors (Lipinski definition) is 1. The van der Waals surface area contributed by atoms with Gasteiger partial charge in [0.2, 0.25) is 0 Å². The van der Waals surface area contributed by atoms with Crippen LogP contribution < -0.4 is 0 Å². The Labute approximate surface area is 87.2 Å². The summed E-state index contributed by atoms with van der Waals surface area (Å²) < 4.78 is 1.18. The Bertz CT molecular complexity index is 262. The Balaban J connectivity index is 0.000000251. The van der Waals surface area contributed by atoms with E-state index in [2.05, 4.69) is 46.8 Å². The average Bonchev–Trinajstić information content (AvgIpc) is 2.90. The smallest absolute Gasteiger partial charge is 0.0719 e. The monoisotopic (exact) mass is 240 g/mol. The summed E-state index contributed by atoms with van der Waals surface area (Å²) in [5, 5.41) is 7.33. The standard InChI is InChI=1S/C9H9Br.C2H4O/c10-9-5-3-8(4-6-9)7-1-2-7;1-2-3/h3-7H,1-2H2;2-3H,1H2. The Morgan fingerprint density at radius 2 is 1.77 bits per heavy atom. The highest BCUT2D eigenvalue weighted by atomic mass is 79.9. The van der Waals surface area contributed by atoms with Gasteiger partial charge in [0.05, 0.1) is 6.26 Å². The van der Waals surface area contributed by atoms with Crippen molar-refractivity contribution in [1.29, 1.82) is 0 Å². The molecule has 1 aromatic carbocycles. The van der Waals surface area contributed by atoms with Gasteiger partial charge in [-0.25, -0.2) is 0 Å². The van der Waals surface area contributed by atoms with Gasteiger partial charge in [-0.15, -0.1) is 0 Å². The average molecular weight is 241 g/mol. The first kappa shape index (κ1) is 10.3. The van der Waals surface area contributed by atoms with Gasteiger partial charge in [-0.05, 0) is 36.5 Å². The van der Waals surface area contributed by atoms with E-state index in [0.29, 0.717) is 0 Å². The quantitative estimate of drug-likeness (QED) is 0.736. The van der Waals surface area contributed by atoms with Gasteiger partial charge in [-0.2, -0.15) is 0 Å². The lowest BCUT2D eigenvalue weighted by atomic mass is 10.1. The summed E-state index contributed by atoms with van der Waals surface area (Å²) in [4.78, 5) is 0. The largest absolute Gasteiger partial charge is 0.516 e. The predicted molar refractivity (Wildman–Crippen MR) is 58.9 cm³/mol. The van der Waals surface area contributed by atoms with Crippen LogP contribution in [-0.2, 0) is 0 Å². The molecular weight excluding hydrogens is 228 g/mol. The predicted octanol–water partition coefficient (Wildman–Crippen LogP) is 4.01. The SMILES string of the molecule is Brc1ccc(C2CC2)cc1.C=CO. The topological polar surface area (TPSA) is 20.2 Å². The van der Waals surface area contributed by atoms with E-state index in [-0.39, 0.29) is 0 Å². The fourth-order valence-corrected chi connectivity index (χ4v) is 1.42. The van der Waals surface area contributed by atoms with Crippen molar-refractivity contribution in [3.05, 3.63) is 47.1 Å². The third-order valence-corrected chi connectivity index (χ3v) is 2.45. The first-order valence-electron chi connectivity index (χ1n) is 4.28. The van der Waals surface area contributed by atoms with Gasteiger partial charge in [0.25, 0.3) is 0 Å². The summed E-state index contributed by atoms with van der Waals surface area (Å²) in [6.45, 7) is 2.92. The Hall–Kier alpha value is -0.760. The highest BCUT2D eigenvalue weighted by Crippen LogP contribution is 2.40. The van der Waals surface area contributed by atoms with Gasteiger partial charge >= 0.3 is 0 Å². The van der Waals surface area contributed by atoms with Crippen molar-refractivity contribution in [2.24, 2.45) is 0 Å². The first-order valence-corrected chi connectivity index (χ1v) is 5.07. The Kier molecular flexibility index (Phi) is 4.03. The van der Waals surface area contributed by atoms with Crippen LogP contribution in [0.3, 0.4) is 0 Å². The molecular formula is C11H13BrO. The zero-order valence-corrected chi connectivity index (χ0v) is 9.00. The number of benzene rings is 1. The zero-order valence-electron chi connectivity index (χ0n) is 7.41. The molecule has 0 aliphatic heterocycles. The molecule has 0 aromatic heterocycles. The van der Waals surface area contributed by atoms with Crippen LogP contribution in [-0.4, -0.2) is 5.11 Å². The maximum atomic E-state index is 7.33. The van der Waals surface area contributed by atoms with E-state index >= 15 is 0 Å². The molecule has 0 spiro atoms. The molecule has 2 heteroatoms. The molecule has 0 bridgehead atoms. The van der Waals surface area contributed by atoms with Crippen LogP contribution in [0.15, 0.2) is 41.6 Å². The number of halogens is 1. The summed E-state index contributed by atoms with van der Waals surface area (Å²) in [5.41, 5.74) is 1.50. The van der Waals surface area contributed by atoms with Crippen molar-refractivity contribution < 1.29 is 5.11 Å². The zero-order chi connectivity index (χ0) is 9.68. The van der Waals surface area contributed by atoms with Crippen LogP contribution in [0.2, 0.25) is 0 Å². The van der Waals surface area contributed by atoms with Crippen LogP contribution in [0, 0.1) is 0 Å². The van der Waals surface area contributed by atoms with E-state index in [4.69, 9.17) is 5.11 Å². The third-order valence-electron chi connectivity index (χ3n) is 1.92. The second-order valence-electron chi connectivity index (χ2n) is 3.01. The normalized spacial score (nSPS) is 14.2. The summed E-state index contributed by atoms with van der Waals surface area (Å²) in [6, 6.07) is 8.66. The molecule has 1 saturated carbocycles. The maximum absolute atomic E-state index is 7.33. The van der Waals surface area contributed by atoms with Crippen LogP contribution in [0.4, 0.5) is 0 Å². The Morgan fingerprint density at radius 1 is 1.31 bits per heavy atom. The molecule has 0 saturated heterocycles. The van der Waals surface area contributed by atoms with Gasteiger partial charge in [-0.3, -0.25) is 0 Å².